The number of allylic oxidation sites excluding steroid dienone is 5. The summed E-state index contributed by atoms with van der Waals surface area (Å²) in [5.41, 5.74) is 4.76. The molecule has 0 aromatic heterocycles. The van der Waals surface area contributed by atoms with Crippen molar-refractivity contribution >= 4 is 0 Å². The van der Waals surface area contributed by atoms with Crippen molar-refractivity contribution in [3.63, 3.8) is 0 Å². The fraction of sp³-hybridized carbons (Fsp3) is 0.538. The molecule has 1 aliphatic carbocycles. The lowest BCUT2D eigenvalue weighted by atomic mass is 9.72. The van der Waals surface area contributed by atoms with E-state index in [1.54, 1.807) is 0 Å². The van der Waals surface area contributed by atoms with Gasteiger partial charge in [-0.2, -0.15) is 0 Å². The largest absolute Gasteiger partial charge is 0.0988 e. The summed E-state index contributed by atoms with van der Waals surface area (Å²) in [5, 5.41) is 0. The molecule has 0 bridgehead atoms. The second kappa shape index (κ2) is 3.53. The van der Waals surface area contributed by atoms with Crippen LogP contribution >= 0.6 is 0 Å². The summed E-state index contributed by atoms with van der Waals surface area (Å²) in [6, 6.07) is 0. The van der Waals surface area contributed by atoms with Gasteiger partial charge in [-0.3, -0.25) is 0 Å². The van der Waals surface area contributed by atoms with Crippen LogP contribution in [0.1, 0.15) is 40.5 Å². The Morgan fingerprint density at radius 1 is 1.31 bits per heavy atom. The molecule has 0 saturated heterocycles. The zero-order chi connectivity index (χ0) is 10.1. The average molecular weight is 176 g/mol. The molecule has 0 aromatic rings. The molecular formula is C13H20. The van der Waals surface area contributed by atoms with E-state index in [1.807, 2.05) is 6.08 Å². The van der Waals surface area contributed by atoms with Gasteiger partial charge < -0.3 is 0 Å². The first kappa shape index (κ1) is 10.3. The highest BCUT2D eigenvalue weighted by Gasteiger charge is 2.26. The van der Waals surface area contributed by atoms with Gasteiger partial charge in [-0.05, 0) is 48.8 Å². The van der Waals surface area contributed by atoms with Gasteiger partial charge in [-0.25, -0.2) is 0 Å². The maximum atomic E-state index is 3.88. The fourth-order valence-electron chi connectivity index (χ4n) is 2.11. The van der Waals surface area contributed by atoms with E-state index < -0.39 is 0 Å². The third-order valence-corrected chi connectivity index (χ3v) is 2.90. The van der Waals surface area contributed by atoms with Crippen molar-refractivity contribution in [2.24, 2.45) is 5.41 Å². The lowest BCUT2D eigenvalue weighted by Gasteiger charge is -2.33. The predicted molar refractivity (Wildman–Crippen MR) is 59.7 cm³/mol. The molecule has 0 nitrogen and oxygen atoms in total. The highest BCUT2D eigenvalue weighted by atomic mass is 14.3. The highest BCUT2D eigenvalue weighted by molar-refractivity contribution is 5.42. The van der Waals surface area contributed by atoms with Crippen LogP contribution in [-0.4, -0.2) is 0 Å². The van der Waals surface area contributed by atoms with Crippen LogP contribution in [0.25, 0.3) is 0 Å². The molecule has 0 atom stereocenters. The minimum Gasteiger partial charge on any atom is -0.0988 e. The van der Waals surface area contributed by atoms with Crippen LogP contribution in [0.15, 0.2) is 35.5 Å². The standard InChI is InChI=1S/C13H20/c1-6-11-8-13(4,5)9-12(7-2)10(11)3/h6-7H,1,8-9H2,2-5H3. The molecule has 1 aliphatic rings. The van der Waals surface area contributed by atoms with Crippen molar-refractivity contribution in [2.75, 3.05) is 0 Å². The van der Waals surface area contributed by atoms with E-state index >= 15 is 0 Å². The smallest absolute Gasteiger partial charge is 0.0222 e. The van der Waals surface area contributed by atoms with Crippen molar-refractivity contribution in [1.82, 2.24) is 0 Å². The van der Waals surface area contributed by atoms with Gasteiger partial charge in [0.15, 0.2) is 0 Å². The van der Waals surface area contributed by atoms with Gasteiger partial charge in [-0.15, -0.1) is 0 Å². The van der Waals surface area contributed by atoms with E-state index in [0.29, 0.717) is 5.41 Å². The molecule has 13 heavy (non-hydrogen) atoms. The van der Waals surface area contributed by atoms with Gasteiger partial charge in [0.25, 0.3) is 0 Å². The molecule has 0 unspecified atom stereocenters. The van der Waals surface area contributed by atoms with Crippen molar-refractivity contribution in [3.05, 3.63) is 35.5 Å². The maximum absolute atomic E-state index is 3.88. The predicted octanol–water partition coefficient (Wildman–Crippen LogP) is 4.26. The molecule has 0 N–H and O–H groups in total. The van der Waals surface area contributed by atoms with E-state index in [-0.39, 0.29) is 0 Å². The summed E-state index contributed by atoms with van der Waals surface area (Å²) in [6.45, 7) is 12.9. The average Bonchev–Trinajstić information content (AvgIpc) is 2.08. The SMILES string of the molecule is C=CC1=C(C)C(=CC)CC(C)(C)C1. The zero-order valence-electron chi connectivity index (χ0n) is 9.28. The third-order valence-electron chi connectivity index (χ3n) is 2.90. The van der Waals surface area contributed by atoms with E-state index in [1.165, 1.54) is 29.6 Å². The third kappa shape index (κ3) is 2.12. The number of hydrogen-bond acceptors (Lipinski definition) is 0. The second-order valence-electron chi connectivity index (χ2n) is 4.69. The Balaban J connectivity index is 3.11. The van der Waals surface area contributed by atoms with Gasteiger partial charge in [0.05, 0.1) is 0 Å². The Bertz CT molecular complexity index is 274. The Labute approximate surface area is 82.0 Å². The lowest BCUT2D eigenvalue weighted by Crippen LogP contribution is -2.18. The first-order valence-electron chi connectivity index (χ1n) is 4.98. The van der Waals surface area contributed by atoms with E-state index in [4.69, 9.17) is 0 Å². The first-order valence-corrected chi connectivity index (χ1v) is 4.98. The van der Waals surface area contributed by atoms with E-state index in [0.717, 1.165) is 0 Å². The van der Waals surface area contributed by atoms with Gasteiger partial charge in [0.2, 0.25) is 0 Å². The Morgan fingerprint density at radius 2 is 1.92 bits per heavy atom. The Hall–Kier alpha value is -0.780. The molecule has 0 aromatic carbocycles. The molecule has 0 radical (unpaired) electrons. The Morgan fingerprint density at radius 3 is 2.38 bits per heavy atom. The second-order valence-corrected chi connectivity index (χ2v) is 4.69. The van der Waals surface area contributed by atoms with Crippen LogP contribution < -0.4 is 0 Å². The summed E-state index contributed by atoms with van der Waals surface area (Å²) in [4.78, 5) is 0. The van der Waals surface area contributed by atoms with Gasteiger partial charge in [-0.1, -0.05) is 32.6 Å². The lowest BCUT2D eigenvalue weighted by molar-refractivity contribution is 0.351. The van der Waals surface area contributed by atoms with E-state index in [9.17, 15) is 0 Å². The molecular weight excluding hydrogens is 156 g/mol. The molecule has 1 rings (SSSR count). The topological polar surface area (TPSA) is 0 Å². The minimum absolute atomic E-state index is 0.408. The van der Waals surface area contributed by atoms with Crippen LogP contribution in [0, 0.1) is 5.41 Å². The highest BCUT2D eigenvalue weighted by Crippen LogP contribution is 2.41. The molecule has 72 valence electrons. The summed E-state index contributed by atoms with van der Waals surface area (Å²) >= 11 is 0. The number of hydrogen-bond donors (Lipinski definition) is 0. The summed E-state index contributed by atoms with van der Waals surface area (Å²) < 4.78 is 0. The molecule has 0 spiro atoms. The van der Waals surface area contributed by atoms with Crippen LogP contribution in [0.4, 0.5) is 0 Å². The Kier molecular flexibility index (Phi) is 2.80. The van der Waals surface area contributed by atoms with Crippen molar-refractivity contribution in [2.45, 2.75) is 40.5 Å². The molecule has 0 fully saturated rings. The zero-order valence-corrected chi connectivity index (χ0v) is 9.28. The maximum Gasteiger partial charge on any atom is -0.0222 e. The molecule has 0 heterocycles. The summed E-state index contributed by atoms with van der Waals surface area (Å²) in [5.74, 6) is 0. The van der Waals surface area contributed by atoms with Crippen LogP contribution in [0.5, 0.6) is 0 Å². The molecule has 0 saturated carbocycles. The van der Waals surface area contributed by atoms with Gasteiger partial charge in [0.1, 0.15) is 0 Å². The fourth-order valence-corrected chi connectivity index (χ4v) is 2.11. The number of rotatable bonds is 1. The first-order chi connectivity index (χ1) is 6.00. The van der Waals surface area contributed by atoms with E-state index in [2.05, 4.69) is 40.3 Å². The van der Waals surface area contributed by atoms with Crippen LogP contribution in [0.3, 0.4) is 0 Å². The minimum atomic E-state index is 0.408. The van der Waals surface area contributed by atoms with Crippen molar-refractivity contribution < 1.29 is 0 Å². The van der Waals surface area contributed by atoms with Crippen molar-refractivity contribution in [3.8, 4) is 0 Å². The quantitative estimate of drug-likeness (QED) is 0.560. The summed E-state index contributed by atoms with van der Waals surface area (Å²) in [6.07, 6.45) is 6.62. The van der Waals surface area contributed by atoms with Crippen molar-refractivity contribution in [1.29, 1.82) is 0 Å². The van der Waals surface area contributed by atoms with Crippen LogP contribution in [0.2, 0.25) is 0 Å². The van der Waals surface area contributed by atoms with Gasteiger partial charge >= 0.3 is 0 Å². The normalized spacial score (nSPS) is 25.1. The molecule has 0 amide bonds. The monoisotopic (exact) mass is 176 g/mol. The molecule has 0 aliphatic heterocycles. The molecule has 0 heteroatoms. The summed E-state index contributed by atoms with van der Waals surface area (Å²) in [7, 11) is 0. The van der Waals surface area contributed by atoms with Gasteiger partial charge in [0, 0.05) is 0 Å². The van der Waals surface area contributed by atoms with Crippen LogP contribution in [-0.2, 0) is 0 Å².